The molecule has 1 atom stereocenters. The lowest BCUT2D eigenvalue weighted by Crippen LogP contribution is -2.45. The maximum absolute atomic E-state index is 13.1. The Morgan fingerprint density at radius 2 is 1.67 bits per heavy atom. The van der Waals surface area contributed by atoms with Gasteiger partial charge in [-0.1, -0.05) is 54.2 Å². The van der Waals surface area contributed by atoms with E-state index in [2.05, 4.69) is 0 Å². The molecule has 24 heavy (non-hydrogen) atoms. The van der Waals surface area contributed by atoms with Crippen LogP contribution in [0.15, 0.2) is 59.5 Å². The first-order valence-electron chi connectivity index (χ1n) is 7.92. The molecule has 0 bridgehead atoms. The first-order chi connectivity index (χ1) is 11.3. The molecule has 0 saturated carbocycles. The van der Waals surface area contributed by atoms with Crippen LogP contribution in [0.25, 0.3) is 0 Å². The fourth-order valence-electron chi connectivity index (χ4n) is 2.80. The van der Waals surface area contributed by atoms with Crippen LogP contribution in [0.2, 0.25) is 0 Å². The van der Waals surface area contributed by atoms with Crippen LogP contribution in [-0.4, -0.2) is 22.1 Å². The van der Waals surface area contributed by atoms with Crippen LogP contribution in [0.1, 0.15) is 36.7 Å². The highest BCUT2D eigenvalue weighted by molar-refractivity contribution is 8.02. The number of esters is 1. The molecule has 0 heterocycles. The highest BCUT2D eigenvalue weighted by Crippen LogP contribution is 2.45. The lowest BCUT2D eigenvalue weighted by molar-refractivity contribution is -0.156. The Morgan fingerprint density at radius 1 is 1.04 bits per heavy atom. The van der Waals surface area contributed by atoms with Gasteiger partial charge in [0, 0.05) is 16.9 Å². The van der Waals surface area contributed by atoms with Crippen LogP contribution >= 0.6 is 11.8 Å². The molecule has 0 unspecified atom stereocenters. The number of ketones is 1. The summed E-state index contributed by atoms with van der Waals surface area (Å²) in [5.74, 6) is -0.633. The molecule has 0 amide bonds. The number of thioether (sulfide) groups is 1. The Hall–Kier alpha value is -2.07. The Balaban J connectivity index is 2.03. The molecule has 3 rings (SSSR count). The van der Waals surface area contributed by atoms with E-state index >= 15 is 0 Å². The number of Topliss-reactive ketones (excluding diaryl/α,β-unsaturated/α-hetero) is 1. The standard InChI is InChI=1S/C20H20O3S/c1-19(2,3)23-18(22)20(24-15-10-5-4-6-11-15)13-14-9-7-8-12-16(14)17(20)21/h4-12H,13H2,1-3H3/t20-/m0/s1. The minimum absolute atomic E-state index is 0.166. The van der Waals surface area contributed by atoms with E-state index < -0.39 is 16.3 Å². The van der Waals surface area contributed by atoms with E-state index in [1.54, 1.807) is 6.07 Å². The van der Waals surface area contributed by atoms with Crippen molar-refractivity contribution >= 4 is 23.5 Å². The number of carbonyl (C=O) groups excluding carboxylic acids is 2. The van der Waals surface area contributed by atoms with E-state index in [9.17, 15) is 9.59 Å². The second-order valence-corrected chi connectivity index (χ2v) is 8.28. The van der Waals surface area contributed by atoms with Crippen LogP contribution < -0.4 is 0 Å². The number of fused-ring (bicyclic) bond motifs is 1. The molecule has 2 aromatic carbocycles. The third kappa shape index (κ3) is 3.11. The average Bonchev–Trinajstić information content (AvgIpc) is 2.81. The lowest BCUT2D eigenvalue weighted by Gasteiger charge is -2.29. The molecule has 2 aromatic rings. The molecule has 0 aromatic heterocycles. The topological polar surface area (TPSA) is 43.4 Å². The maximum atomic E-state index is 13.1. The molecule has 4 heteroatoms. The molecule has 0 saturated heterocycles. The molecule has 1 aliphatic rings. The van der Waals surface area contributed by atoms with Gasteiger partial charge in [0.15, 0.2) is 10.5 Å². The number of hydrogen-bond acceptors (Lipinski definition) is 4. The number of carbonyl (C=O) groups is 2. The minimum Gasteiger partial charge on any atom is -0.459 e. The van der Waals surface area contributed by atoms with Crippen molar-refractivity contribution in [3.63, 3.8) is 0 Å². The summed E-state index contributed by atoms with van der Waals surface area (Å²) >= 11 is 1.29. The van der Waals surface area contributed by atoms with Crippen molar-refractivity contribution in [2.24, 2.45) is 0 Å². The van der Waals surface area contributed by atoms with Crippen LogP contribution in [0.5, 0.6) is 0 Å². The summed E-state index contributed by atoms with van der Waals surface area (Å²) in [6, 6.07) is 16.9. The van der Waals surface area contributed by atoms with E-state index in [1.165, 1.54) is 11.8 Å². The smallest absolute Gasteiger partial charge is 0.331 e. The molecule has 1 aliphatic carbocycles. The summed E-state index contributed by atoms with van der Waals surface area (Å²) in [5, 5.41) is 0. The summed E-state index contributed by atoms with van der Waals surface area (Å²) in [5.41, 5.74) is 0.875. The van der Waals surface area contributed by atoms with Crippen LogP contribution in [0.4, 0.5) is 0 Å². The predicted octanol–water partition coefficient (Wildman–Crippen LogP) is 4.30. The van der Waals surface area contributed by atoms with Crippen molar-refractivity contribution in [3.8, 4) is 0 Å². The van der Waals surface area contributed by atoms with Gasteiger partial charge in [-0.3, -0.25) is 4.79 Å². The Kier molecular flexibility index (Phi) is 4.26. The zero-order valence-electron chi connectivity index (χ0n) is 14.0. The molecule has 0 N–H and O–H groups in total. The predicted molar refractivity (Wildman–Crippen MR) is 95.4 cm³/mol. The summed E-state index contributed by atoms with van der Waals surface area (Å²) in [7, 11) is 0. The SMILES string of the molecule is CC(C)(C)OC(=O)[C@]1(Sc2ccccc2)Cc2ccccc2C1=O. The minimum atomic E-state index is -1.25. The Morgan fingerprint density at radius 3 is 2.29 bits per heavy atom. The number of benzene rings is 2. The zero-order valence-corrected chi connectivity index (χ0v) is 14.9. The normalized spacial score (nSPS) is 19.9. The maximum Gasteiger partial charge on any atom is 0.331 e. The zero-order chi connectivity index (χ0) is 17.4. The molecule has 0 aliphatic heterocycles. The quantitative estimate of drug-likeness (QED) is 0.617. The van der Waals surface area contributed by atoms with Gasteiger partial charge in [-0.2, -0.15) is 0 Å². The van der Waals surface area contributed by atoms with Gasteiger partial charge < -0.3 is 4.74 Å². The average molecular weight is 340 g/mol. The third-order valence-corrected chi connectivity index (χ3v) is 5.18. The second kappa shape index (κ2) is 6.10. The molecule has 3 nitrogen and oxygen atoms in total. The van der Waals surface area contributed by atoms with Crippen molar-refractivity contribution < 1.29 is 14.3 Å². The van der Waals surface area contributed by atoms with Gasteiger partial charge in [-0.25, -0.2) is 4.79 Å². The van der Waals surface area contributed by atoms with Gasteiger partial charge in [0.05, 0.1) is 0 Å². The van der Waals surface area contributed by atoms with Crippen molar-refractivity contribution in [2.45, 2.75) is 42.4 Å². The van der Waals surface area contributed by atoms with E-state index in [4.69, 9.17) is 4.74 Å². The van der Waals surface area contributed by atoms with E-state index in [0.717, 1.165) is 10.5 Å². The molecular weight excluding hydrogens is 320 g/mol. The summed E-state index contributed by atoms with van der Waals surface area (Å²) < 4.78 is 4.37. The largest absolute Gasteiger partial charge is 0.459 e. The van der Waals surface area contributed by atoms with Crippen LogP contribution in [0, 0.1) is 0 Å². The summed E-state index contributed by atoms with van der Waals surface area (Å²) in [6.07, 6.45) is 0.358. The van der Waals surface area contributed by atoms with Gasteiger partial charge in [0.25, 0.3) is 0 Å². The lowest BCUT2D eigenvalue weighted by atomic mass is 10.0. The second-order valence-electron chi connectivity index (χ2n) is 6.91. The molecular formula is C20H20O3S. The van der Waals surface area contributed by atoms with Gasteiger partial charge in [0.1, 0.15) is 5.60 Å². The Labute approximate surface area is 146 Å². The number of ether oxygens (including phenoxy) is 1. The third-order valence-electron chi connectivity index (χ3n) is 3.83. The van der Waals surface area contributed by atoms with E-state index in [0.29, 0.717) is 12.0 Å². The fraction of sp³-hybridized carbons (Fsp3) is 0.300. The van der Waals surface area contributed by atoms with Gasteiger partial charge in [-0.15, -0.1) is 0 Å². The van der Waals surface area contributed by atoms with Crippen LogP contribution in [-0.2, 0) is 16.0 Å². The van der Waals surface area contributed by atoms with E-state index in [-0.39, 0.29) is 5.78 Å². The fourth-order valence-corrected chi connectivity index (χ4v) is 4.05. The van der Waals surface area contributed by atoms with Crippen molar-refractivity contribution in [1.29, 1.82) is 0 Å². The molecule has 124 valence electrons. The van der Waals surface area contributed by atoms with Crippen molar-refractivity contribution in [1.82, 2.24) is 0 Å². The molecule has 0 fully saturated rings. The first-order valence-corrected chi connectivity index (χ1v) is 8.74. The summed E-state index contributed by atoms with van der Waals surface area (Å²) in [6.45, 7) is 5.45. The van der Waals surface area contributed by atoms with Crippen molar-refractivity contribution in [3.05, 3.63) is 65.7 Å². The number of rotatable bonds is 3. The first kappa shape index (κ1) is 16.8. The van der Waals surface area contributed by atoms with Gasteiger partial charge in [0.2, 0.25) is 0 Å². The summed E-state index contributed by atoms with van der Waals surface area (Å²) in [4.78, 5) is 27.0. The Bertz CT molecular complexity index is 777. The molecule has 0 spiro atoms. The van der Waals surface area contributed by atoms with E-state index in [1.807, 2.05) is 69.3 Å². The van der Waals surface area contributed by atoms with Gasteiger partial charge in [-0.05, 0) is 38.5 Å². The number of hydrogen-bond donors (Lipinski definition) is 0. The highest BCUT2D eigenvalue weighted by atomic mass is 32.2. The monoisotopic (exact) mass is 340 g/mol. The molecule has 0 radical (unpaired) electrons. The van der Waals surface area contributed by atoms with Crippen molar-refractivity contribution in [2.75, 3.05) is 0 Å². The highest BCUT2D eigenvalue weighted by Gasteiger charge is 2.54. The van der Waals surface area contributed by atoms with Gasteiger partial charge >= 0.3 is 5.97 Å². The van der Waals surface area contributed by atoms with Crippen LogP contribution in [0.3, 0.4) is 0 Å².